The van der Waals surface area contributed by atoms with Gasteiger partial charge in [0.1, 0.15) is 5.75 Å². The van der Waals surface area contributed by atoms with Crippen molar-refractivity contribution in [1.29, 1.82) is 0 Å². The SMILES string of the molecule is CCC(C)NC(=O)CCNC(=O)c1ccc(N)cc1OC. The minimum absolute atomic E-state index is 0.0751. The normalized spacial score (nSPS) is 11.6. The second-order valence-corrected chi connectivity index (χ2v) is 4.84. The van der Waals surface area contributed by atoms with E-state index in [4.69, 9.17) is 10.5 Å². The zero-order valence-electron chi connectivity index (χ0n) is 12.7. The first-order valence-electron chi connectivity index (χ1n) is 6.99. The number of nitrogens with one attached hydrogen (secondary N) is 2. The lowest BCUT2D eigenvalue weighted by Gasteiger charge is -2.12. The van der Waals surface area contributed by atoms with Gasteiger partial charge in [0.2, 0.25) is 5.91 Å². The zero-order chi connectivity index (χ0) is 15.8. The molecule has 2 amide bonds. The molecule has 4 N–H and O–H groups in total. The van der Waals surface area contributed by atoms with E-state index in [1.807, 2.05) is 13.8 Å². The van der Waals surface area contributed by atoms with Gasteiger partial charge in [0.25, 0.3) is 5.91 Å². The molecule has 0 bridgehead atoms. The van der Waals surface area contributed by atoms with Crippen molar-refractivity contribution in [2.45, 2.75) is 32.7 Å². The van der Waals surface area contributed by atoms with Gasteiger partial charge in [-0.2, -0.15) is 0 Å². The van der Waals surface area contributed by atoms with Crippen LogP contribution in [0.5, 0.6) is 5.75 Å². The average Bonchev–Trinajstić information content (AvgIpc) is 2.46. The van der Waals surface area contributed by atoms with Crippen molar-refractivity contribution in [2.24, 2.45) is 0 Å². The number of rotatable bonds is 7. The lowest BCUT2D eigenvalue weighted by Crippen LogP contribution is -2.35. The standard InChI is InChI=1S/C15H23N3O3/c1-4-10(2)18-14(19)7-8-17-15(20)12-6-5-11(16)9-13(12)21-3/h5-6,9-10H,4,7-8,16H2,1-3H3,(H,17,20)(H,18,19). The molecule has 6 nitrogen and oxygen atoms in total. The summed E-state index contributed by atoms with van der Waals surface area (Å²) in [5.41, 5.74) is 6.56. The van der Waals surface area contributed by atoms with Crippen LogP contribution >= 0.6 is 0 Å². The summed E-state index contributed by atoms with van der Waals surface area (Å²) in [6.45, 7) is 4.21. The Balaban J connectivity index is 2.49. The highest BCUT2D eigenvalue weighted by Crippen LogP contribution is 2.21. The van der Waals surface area contributed by atoms with Crippen molar-refractivity contribution in [3.63, 3.8) is 0 Å². The van der Waals surface area contributed by atoms with E-state index in [1.165, 1.54) is 7.11 Å². The molecule has 0 heterocycles. The Bertz CT molecular complexity index is 503. The second-order valence-electron chi connectivity index (χ2n) is 4.84. The van der Waals surface area contributed by atoms with E-state index < -0.39 is 0 Å². The Hall–Kier alpha value is -2.24. The fraction of sp³-hybridized carbons (Fsp3) is 0.467. The molecule has 21 heavy (non-hydrogen) atoms. The Morgan fingerprint density at radius 1 is 1.38 bits per heavy atom. The molecule has 0 saturated carbocycles. The molecular weight excluding hydrogens is 270 g/mol. The predicted molar refractivity (Wildman–Crippen MR) is 82.3 cm³/mol. The number of benzene rings is 1. The summed E-state index contributed by atoms with van der Waals surface area (Å²) in [5, 5.41) is 5.54. The summed E-state index contributed by atoms with van der Waals surface area (Å²) >= 11 is 0. The first-order chi connectivity index (χ1) is 9.97. The Labute approximate surface area is 125 Å². The van der Waals surface area contributed by atoms with Crippen LogP contribution in [0.1, 0.15) is 37.0 Å². The van der Waals surface area contributed by atoms with Gasteiger partial charge in [0.15, 0.2) is 0 Å². The van der Waals surface area contributed by atoms with E-state index >= 15 is 0 Å². The Morgan fingerprint density at radius 3 is 2.71 bits per heavy atom. The smallest absolute Gasteiger partial charge is 0.255 e. The summed E-state index contributed by atoms with van der Waals surface area (Å²) in [6, 6.07) is 4.96. The number of methoxy groups -OCH3 is 1. The van der Waals surface area contributed by atoms with Crippen LogP contribution < -0.4 is 21.1 Å². The minimum Gasteiger partial charge on any atom is -0.496 e. The number of hydrogen-bond donors (Lipinski definition) is 3. The van der Waals surface area contributed by atoms with Gasteiger partial charge < -0.3 is 21.1 Å². The van der Waals surface area contributed by atoms with E-state index in [0.717, 1.165) is 6.42 Å². The highest BCUT2D eigenvalue weighted by Gasteiger charge is 2.13. The van der Waals surface area contributed by atoms with Gasteiger partial charge in [-0.3, -0.25) is 9.59 Å². The molecule has 0 fully saturated rings. The van der Waals surface area contributed by atoms with Gasteiger partial charge in [-0.1, -0.05) is 6.92 Å². The first-order valence-corrected chi connectivity index (χ1v) is 6.99. The maximum absolute atomic E-state index is 12.0. The van der Waals surface area contributed by atoms with Crippen molar-refractivity contribution in [2.75, 3.05) is 19.4 Å². The molecule has 0 aliphatic heterocycles. The third-order valence-electron chi connectivity index (χ3n) is 3.13. The van der Waals surface area contributed by atoms with Crippen LogP contribution in [0.2, 0.25) is 0 Å². The first kappa shape index (κ1) is 16.8. The molecular formula is C15H23N3O3. The highest BCUT2D eigenvalue weighted by molar-refractivity contribution is 5.97. The summed E-state index contributed by atoms with van der Waals surface area (Å²) < 4.78 is 5.12. The zero-order valence-corrected chi connectivity index (χ0v) is 12.7. The molecule has 1 atom stereocenters. The number of anilines is 1. The number of nitrogens with two attached hydrogens (primary N) is 1. The van der Waals surface area contributed by atoms with Gasteiger partial charge >= 0.3 is 0 Å². The Morgan fingerprint density at radius 2 is 2.10 bits per heavy atom. The van der Waals surface area contributed by atoms with Crippen LogP contribution in [-0.4, -0.2) is 31.5 Å². The van der Waals surface area contributed by atoms with Gasteiger partial charge in [0.05, 0.1) is 12.7 Å². The fourth-order valence-corrected chi connectivity index (χ4v) is 1.73. The van der Waals surface area contributed by atoms with Crippen LogP contribution in [-0.2, 0) is 4.79 Å². The molecule has 0 radical (unpaired) electrons. The molecule has 1 rings (SSSR count). The van der Waals surface area contributed by atoms with Gasteiger partial charge in [-0.25, -0.2) is 0 Å². The third-order valence-corrected chi connectivity index (χ3v) is 3.13. The van der Waals surface area contributed by atoms with Crippen LogP contribution in [0.15, 0.2) is 18.2 Å². The Kier molecular flexibility index (Phi) is 6.52. The number of amides is 2. The molecule has 1 aromatic rings. The van der Waals surface area contributed by atoms with Gasteiger partial charge in [0, 0.05) is 30.8 Å². The molecule has 0 aliphatic rings. The highest BCUT2D eigenvalue weighted by atomic mass is 16.5. The van der Waals surface area contributed by atoms with Gasteiger partial charge in [-0.05, 0) is 25.5 Å². The molecule has 1 aromatic carbocycles. The maximum Gasteiger partial charge on any atom is 0.255 e. The lowest BCUT2D eigenvalue weighted by molar-refractivity contribution is -0.121. The van der Waals surface area contributed by atoms with Crippen LogP contribution in [0.4, 0.5) is 5.69 Å². The van der Waals surface area contributed by atoms with Crippen molar-refractivity contribution in [3.05, 3.63) is 23.8 Å². The summed E-state index contributed by atoms with van der Waals surface area (Å²) in [5.74, 6) is 0.0497. The average molecular weight is 293 g/mol. The molecule has 116 valence electrons. The largest absolute Gasteiger partial charge is 0.496 e. The topological polar surface area (TPSA) is 93.5 Å². The van der Waals surface area contributed by atoms with E-state index in [2.05, 4.69) is 10.6 Å². The van der Waals surface area contributed by atoms with Crippen LogP contribution in [0, 0.1) is 0 Å². The number of carbonyl (C=O) groups is 2. The van der Waals surface area contributed by atoms with Crippen LogP contribution in [0.3, 0.4) is 0 Å². The monoisotopic (exact) mass is 293 g/mol. The summed E-state index contributed by atoms with van der Waals surface area (Å²) in [7, 11) is 1.48. The van der Waals surface area contributed by atoms with Gasteiger partial charge in [-0.15, -0.1) is 0 Å². The lowest BCUT2D eigenvalue weighted by atomic mass is 10.1. The van der Waals surface area contributed by atoms with Crippen molar-refractivity contribution >= 4 is 17.5 Å². The van der Waals surface area contributed by atoms with E-state index in [0.29, 0.717) is 17.0 Å². The fourth-order valence-electron chi connectivity index (χ4n) is 1.73. The second kappa shape index (κ2) is 8.14. The molecule has 0 saturated heterocycles. The number of nitrogen functional groups attached to an aromatic ring is 1. The molecule has 0 aliphatic carbocycles. The maximum atomic E-state index is 12.0. The van der Waals surface area contributed by atoms with Crippen LogP contribution in [0.25, 0.3) is 0 Å². The molecule has 0 aromatic heterocycles. The van der Waals surface area contributed by atoms with Crippen molar-refractivity contribution < 1.29 is 14.3 Å². The van der Waals surface area contributed by atoms with Crippen molar-refractivity contribution in [1.82, 2.24) is 10.6 Å². The van der Waals surface area contributed by atoms with E-state index in [-0.39, 0.29) is 30.8 Å². The number of carbonyl (C=O) groups excluding carboxylic acids is 2. The molecule has 1 unspecified atom stereocenters. The van der Waals surface area contributed by atoms with Crippen molar-refractivity contribution in [3.8, 4) is 5.75 Å². The number of hydrogen-bond acceptors (Lipinski definition) is 4. The minimum atomic E-state index is -0.289. The molecule has 6 heteroatoms. The van der Waals surface area contributed by atoms with E-state index in [9.17, 15) is 9.59 Å². The summed E-state index contributed by atoms with van der Waals surface area (Å²) in [6.07, 6.45) is 1.12. The number of ether oxygens (including phenoxy) is 1. The quantitative estimate of drug-likeness (QED) is 0.661. The van der Waals surface area contributed by atoms with E-state index in [1.54, 1.807) is 18.2 Å². The third kappa shape index (κ3) is 5.33. The predicted octanol–water partition coefficient (Wildman–Crippen LogP) is 1.31. The molecule has 0 spiro atoms. The summed E-state index contributed by atoms with van der Waals surface area (Å²) in [4.78, 5) is 23.6.